The smallest absolute Gasteiger partial charge is 0.259 e. The van der Waals surface area contributed by atoms with E-state index in [0.29, 0.717) is 15.7 Å². The number of carbonyl (C=O) groups excluding carboxylic acids is 1. The Labute approximate surface area is 138 Å². The number of nitrogens with zero attached hydrogens (tertiary/aromatic N) is 1. The Morgan fingerprint density at radius 3 is 2.96 bits per heavy atom. The molecule has 0 aliphatic heterocycles. The largest absolute Gasteiger partial charge is 0.444 e. The SMILES string of the molecule is NC(=O)c1sc(Oc2ccc(=O)[nH]c2)c2c1CCc1cnsc1-2. The predicted octanol–water partition coefficient (Wildman–Crippen LogP) is 2.55. The minimum absolute atomic E-state index is 0.201. The van der Waals surface area contributed by atoms with Crippen molar-refractivity contribution < 1.29 is 9.53 Å². The van der Waals surface area contributed by atoms with Crippen LogP contribution in [0.2, 0.25) is 0 Å². The highest BCUT2D eigenvalue weighted by Gasteiger charge is 2.29. The number of ether oxygens (including phenoxy) is 1. The molecule has 0 aromatic carbocycles. The van der Waals surface area contributed by atoms with Crippen molar-refractivity contribution in [2.24, 2.45) is 5.73 Å². The number of hydrogen-bond acceptors (Lipinski definition) is 6. The number of nitrogens with one attached hydrogen (secondary N) is 1. The van der Waals surface area contributed by atoms with Gasteiger partial charge in [0, 0.05) is 18.5 Å². The van der Waals surface area contributed by atoms with E-state index in [-0.39, 0.29) is 5.56 Å². The molecule has 0 atom stereocenters. The number of fused-ring (bicyclic) bond motifs is 3. The van der Waals surface area contributed by atoms with Crippen LogP contribution in [0.15, 0.2) is 29.3 Å². The Hall–Kier alpha value is -2.45. The highest BCUT2D eigenvalue weighted by molar-refractivity contribution is 7.17. The first-order chi connectivity index (χ1) is 11.1. The second-order valence-corrected chi connectivity index (χ2v) is 6.89. The van der Waals surface area contributed by atoms with Crippen molar-refractivity contribution >= 4 is 28.8 Å². The third kappa shape index (κ3) is 2.36. The summed E-state index contributed by atoms with van der Waals surface area (Å²) in [7, 11) is 0. The van der Waals surface area contributed by atoms with Gasteiger partial charge in [0.1, 0.15) is 5.75 Å². The second-order valence-electron chi connectivity index (χ2n) is 5.11. The normalized spacial score (nSPS) is 12.5. The van der Waals surface area contributed by atoms with Gasteiger partial charge in [-0.15, -0.1) is 0 Å². The van der Waals surface area contributed by atoms with E-state index in [4.69, 9.17) is 10.5 Å². The highest BCUT2D eigenvalue weighted by atomic mass is 32.1. The molecule has 0 saturated heterocycles. The lowest BCUT2D eigenvalue weighted by Gasteiger charge is -2.13. The molecule has 23 heavy (non-hydrogen) atoms. The average Bonchev–Trinajstić information content (AvgIpc) is 3.13. The van der Waals surface area contributed by atoms with E-state index in [9.17, 15) is 9.59 Å². The lowest BCUT2D eigenvalue weighted by atomic mass is 9.93. The van der Waals surface area contributed by atoms with Gasteiger partial charge in [0.05, 0.1) is 15.3 Å². The number of H-pyrrole nitrogens is 1. The van der Waals surface area contributed by atoms with Crippen LogP contribution in [0.25, 0.3) is 10.4 Å². The number of aryl methyl sites for hydroxylation is 1. The number of aromatic amines is 1. The minimum atomic E-state index is -0.449. The zero-order chi connectivity index (χ0) is 16.0. The zero-order valence-corrected chi connectivity index (χ0v) is 13.4. The number of nitrogens with two attached hydrogens (primary N) is 1. The van der Waals surface area contributed by atoms with E-state index in [2.05, 4.69) is 9.36 Å². The van der Waals surface area contributed by atoms with E-state index in [0.717, 1.165) is 34.4 Å². The van der Waals surface area contributed by atoms with Gasteiger partial charge in [0.25, 0.3) is 5.91 Å². The number of aromatic nitrogens is 2. The molecule has 0 fully saturated rings. The first kappa shape index (κ1) is 14.2. The van der Waals surface area contributed by atoms with Crippen LogP contribution in [0, 0.1) is 0 Å². The molecular formula is C15H11N3O3S2. The van der Waals surface area contributed by atoms with Crippen LogP contribution in [-0.2, 0) is 12.8 Å². The highest BCUT2D eigenvalue weighted by Crippen LogP contribution is 2.49. The monoisotopic (exact) mass is 345 g/mol. The molecule has 0 unspecified atom stereocenters. The number of primary amides is 1. The molecule has 8 heteroatoms. The molecule has 0 radical (unpaired) electrons. The standard InChI is InChI=1S/C15H11N3O3S2/c16-14(20)13-9-3-1-7-5-18-23-12(7)11(9)15(22-13)21-8-2-4-10(19)17-6-8/h2,4-6H,1,3H2,(H2,16,20)(H,17,19). The van der Waals surface area contributed by atoms with Crippen molar-refractivity contribution in [1.82, 2.24) is 9.36 Å². The van der Waals surface area contributed by atoms with E-state index in [1.165, 1.54) is 35.1 Å². The van der Waals surface area contributed by atoms with Gasteiger partial charge in [-0.05, 0) is 41.6 Å². The maximum Gasteiger partial charge on any atom is 0.259 e. The molecule has 1 aliphatic rings. The molecule has 0 saturated carbocycles. The van der Waals surface area contributed by atoms with Crippen molar-refractivity contribution in [3.8, 4) is 21.3 Å². The third-order valence-corrected chi connectivity index (χ3v) is 5.66. The van der Waals surface area contributed by atoms with Crippen LogP contribution >= 0.6 is 22.9 Å². The van der Waals surface area contributed by atoms with Crippen LogP contribution in [0.3, 0.4) is 0 Å². The fourth-order valence-electron chi connectivity index (χ4n) is 2.65. The second kappa shape index (κ2) is 5.32. The summed E-state index contributed by atoms with van der Waals surface area (Å²) in [6.07, 6.45) is 4.93. The summed E-state index contributed by atoms with van der Waals surface area (Å²) < 4.78 is 10.2. The third-order valence-electron chi connectivity index (χ3n) is 3.68. The van der Waals surface area contributed by atoms with Gasteiger partial charge in [-0.1, -0.05) is 11.3 Å². The summed E-state index contributed by atoms with van der Waals surface area (Å²) in [6.45, 7) is 0. The maximum absolute atomic E-state index is 11.8. The lowest BCUT2D eigenvalue weighted by molar-refractivity contribution is 0.100. The van der Waals surface area contributed by atoms with Crippen LogP contribution in [-0.4, -0.2) is 15.3 Å². The van der Waals surface area contributed by atoms with Crippen molar-refractivity contribution in [3.63, 3.8) is 0 Å². The van der Waals surface area contributed by atoms with E-state index in [1.54, 1.807) is 6.07 Å². The Kier molecular flexibility index (Phi) is 3.28. The molecule has 3 heterocycles. The molecule has 3 N–H and O–H groups in total. The molecule has 1 aliphatic carbocycles. The summed E-state index contributed by atoms with van der Waals surface area (Å²) in [5.41, 5.74) is 8.30. The number of pyridine rings is 1. The number of hydrogen-bond donors (Lipinski definition) is 2. The van der Waals surface area contributed by atoms with Crippen LogP contribution in [0.1, 0.15) is 20.8 Å². The van der Waals surface area contributed by atoms with Crippen molar-refractivity contribution in [2.75, 3.05) is 0 Å². The fraction of sp³-hybridized carbons (Fsp3) is 0.133. The fourth-order valence-corrected chi connectivity index (χ4v) is 4.66. The van der Waals surface area contributed by atoms with Crippen LogP contribution in [0.5, 0.6) is 10.8 Å². The quantitative estimate of drug-likeness (QED) is 0.762. The Bertz CT molecular complexity index is 950. The summed E-state index contributed by atoms with van der Waals surface area (Å²) >= 11 is 2.63. The molecule has 3 aromatic rings. The lowest BCUT2D eigenvalue weighted by Crippen LogP contribution is -2.12. The summed E-state index contributed by atoms with van der Waals surface area (Å²) in [5.74, 6) is 0.0526. The molecule has 1 amide bonds. The Morgan fingerprint density at radius 1 is 1.35 bits per heavy atom. The number of thiophene rings is 1. The molecule has 6 nitrogen and oxygen atoms in total. The van der Waals surface area contributed by atoms with Gasteiger partial charge < -0.3 is 15.5 Å². The van der Waals surface area contributed by atoms with Gasteiger partial charge in [-0.2, -0.15) is 0 Å². The molecular weight excluding hydrogens is 334 g/mol. The summed E-state index contributed by atoms with van der Waals surface area (Å²) in [6, 6.07) is 2.98. The van der Waals surface area contributed by atoms with E-state index >= 15 is 0 Å². The van der Waals surface area contributed by atoms with Gasteiger partial charge in [-0.25, -0.2) is 4.37 Å². The van der Waals surface area contributed by atoms with Crippen molar-refractivity contribution in [3.05, 3.63) is 50.9 Å². The maximum atomic E-state index is 11.8. The van der Waals surface area contributed by atoms with Crippen molar-refractivity contribution in [2.45, 2.75) is 12.8 Å². The molecule has 0 spiro atoms. The molecule has 3 aromatic heterocycles. The number of carbonyl (C=O) groups is 1. The number of rotatable bonds is 3. The summed E-state index contributed by atoms with van der Waals surface area (Å²) in [5, 5.41) is 0.603. The van der Waals surface area contributed by atoms with Gasteiger partial charge in [-0.3, -0.25) is 9.59 Å². The summed E-state index contributed by atoms with van der Waals surface area (Å²) in [4.78, 5) is 27.0. The molecule has 4 rings (SSSR count). The van der Waals surface area contributed by atoms with Gasteiger partial charge in [0.2, 0.25) is 5.56 Å². The van der Waals surface area contributed by atoms with Crippen LogP contribution < -0.4 is 16.0 Å². The van der Waals surface area contributed by atoms with Crippen molar-refractivity contribution in [1.29, 1.82) is 0 Å². The topological polar surface area (TPSA) is 98.1 Å². The first-order valence-electron chi connectivity index (χ1n) is 6.89. The zero-order valence-electron chi connectivity index (χ0n) is 11.8. The Morgan fingerprint density at radius 2 is 2.22 bits per heavy atom. The number of amides is 1. The predicted molar refractivity (Wildman–Crippen MR) is 88.5 cm³/mol. The van der Waals surface area contributed by atoms with E-state index in [1.807, 2.05) is 6.20 Å². The van der Waals surface area contributed by atoms with Crippen LogP contribution in [0.4, 0.5) is 0 Å². The first-order valence-corrected chi connectivity index (χ1v) is 8.48. The minimum Gasteiger partial charge on any atom is -0.444 e. The Balaban J connectivity index is 1.86. The van der Waals surface area contributed by atoms with Gasteiger partial charge in [0.15, 0.2) is 5.06 Å². The van der Waals surface area contributed by atoms with E-state index < -0.39 is 5.91 Å². The van der Waals surface area contributed by atoms with Gasteiger partial charge >= 0.3 is 0 Å². The average molecular weight is 345 g/mol. The molecule has 116 valence electrons. The molecule has 0 bridgehead atoms.